The molecule has 1 heterocycles. The molecule has 2 N–H and O–H groups in total. The molecule has 1 aromatic carbocycles. The number of halogens is 1. The molecule has 18 heavy (non-hydrogen) atoms. The Morgan fingerprint density at radius 3 is 2.89 bits per heavy atom. The highest BCUT2D eigenvalue weighted by Crippen LogP contribution is 2.17. The van der Waals surface area contributed by atoms with Crippen molar-refractivity contribution in [3.05, 3.63) is 52.0 Å². The number of anilines is 1. The van der Waals surface area contributed by atoms with Gasteiger partial charge in [0.25, 0.3) is 5.56 Å². The number of hydrogen-bond donors (Lipinski definition) is 2. The van der Waals surface area contributed by atoms with E-state index in [-0.39, 0.29) is 10.6 Å². The van der Waals surface area contributed by atoms with Crippen molar-refractivity contribution in [3.8, 4) is 0 Å². The van der Waals surface area contributed by atoms with E-state index >= 15 is 0 Å². The van der Waals surface area contributed by atoms with Crippen LogP contribution in [0.1, 0.15) is 0 Å². The molecule has 1 aromatic heterocycles. The summed E-state index contributed by atoms with van der Waals surface area (Å²) in [4.78, 5) is 18.8. The SMILES string of the molecule is O=c1[nH]cnc(NCCSc2ccccc2)c1Cl. The van der Waals surface area contributed by atoms with Crippen LogP contribution in [0.3, 0.4) is 0 Å². The monoisotopic (exact) mass is 281 g/mol. The van der Waals surface area contributed by atoms with Crippen molar-refractivity contribution in [2.45, 2.75) is 4.90 Å². The van der Waals surface area contributed by atoms with E-state index < -0.39 is 0 Å². The van der Waals surface area contributed by atoms with Gasteiger partial charge in [-0.15, -0.1) is 11.8 Å². The fourth-order valence-corrected chi connectivity index (χ4v) is 2.32. The molecular weight excluding hydrogens is 270 g/mol. The average molecular weight is 282 g/mol. The standard InChI is InChI=1S/C12H12ClN3OS/c13-10-11(15-8-16-12(10)17)14-6-7-18-9-4-2-1-3-5-9/h1-5,8H,6-7H2,(H2,14,15,16,17). The summed E-state index contributed by atoms with van der Waals surface area (Å²) in [6.45, 7) is 0.690. The van der Waals surface area contributed by atoms with Crippen molar-refractivity contribution in [3.63, 3.8) is 0 Å². The van der Waals surface area contributed by atoms with Crippen molar-refractivity contribution < 1.29 is 0 Å². The number of nitrogens with zero attached hydrogens (tertiary/aromatic N) is 1. The van der Waals surface area contributed by atoms with Crippen LogP contribution in [0, 0.1) is 0 Å². The van der Waals surface area contributed by atoms with Gasteiger partial charge in [0.1, 0.15) is 5.02 Å². The Balaban J connectivity index is 1.82. The number of nitrogens with one attached hydrogen (secondary N) is 2. The first kappa shape index (κ1) is 13.0. The van der Waals surface area contributed by atoms with Crippen molar-refractivity contribution in [2.75, 3.05) is 17.6 Å². The molecule has 2 aromatic rings. The smallest absolute Gasteiger partial charge is 0.271 e. The third-order valence-corrected chi connectivity index (χ3v) is 3.57. The molecule has 0 saturated heterocycles. The summed E-state index contributed by atoms with van der Waals surface area (Å²) < 4.78 is 0. The van der Waals surface area contributed by atoms with Crippen LogP contribution in [0.25, 0.3) is 0 Å². The molecule has 0 unspecified atom stereocenters. The summed E-state index contributed by atoms with van der Waals surface area (Å²) in [5, 5.41) is 3.14. The summed E-state index contributed by atoms with van der Waals surface area (Å²) in [7, 11) is 0. The first-order valence-electron chi connectivity index (χ1n) is 5.42. The summed E-state index contributed by atoms with van der Waals surface area (Å²) in [6, 6.07) is 10.1. The lowest BCUT2D eigenvalue weighted by molar-refractivity contribution is 1.08. The third-order valence-electron chi connectivity index (χ3n) is 2.20. The Hall–Kier alpha value is -1.46. The van der Waals surface area contributed by atoms with Gasteiger partial charge in [-0.2, -0.15) is 0 Å². The van der Waals surface area contributed by atoms with Gasteiger partial charge in [0.05, 0.1) is 6.33 Å². The number of aromatic amines is 1. The molecule has 0 aliphatic carbocycles. The summed E-state index contributed by atoms with van der Waals surface area (Å²) in [6.07, 6.45) is 1.33. The van der Waals surface area contributed by atoms with Crippen molar-refractivity contribution in [1.82, 2.24) is 9.97 Å². The van der Waals surface area contributed by atoms with E-state index in [0.717, 1.165) is 5.75 Å². The van der Waals surface area contributed by atoms with E-state index in [4.69, 9.17) is 11.6 Å². The average Bonchev–Trinajstić information content (AvgIpc) is 2.40. The van der Waals surface area contributed by atoms with Crippen LogP contribution in [-0.4, -0.2) is 22.3 Å². The molecule has 94 valence electrons. The molecule has 4 nitrogen and oxygen atoms in total. The Bertz CT molecular complexity index is 559. The van der Waals surface area contributed by atoms with E-state index in [1.165, 1.54) is 11.2 Å². The Morgan fingerprint density at radius 1 is 1.33 bits per heavy atom. The van der Waals surface area contributed by atoms with E-state index in [0.29, 0.717) is 12.4 Å². The molecule has 0 fully saturated rings. The number of H-pyrrole nitrogens is 1. The summed E-state index contributed by atoms with van der Waals surface area (Å²) >= 11 is 7.54. The minimum absolute atomic E-state index is 0.0993. The lowest BCUT2D eigenvalue weighted by Gasteiger charge is -2.06. The normalized spacial score (nSPS) is 10.3. The largest absolute Gasteiger partial charge is 0.368 e. The molecule has 0 aliphatic heterocycles. The molecule has 0 aliphatic rings. The van der Waals surface area contributed by atoms with Gasteiger partial charge in [0.2, 0.25) is 0 Å². The lowest BCUT2D eigenvalue weighted by Crippen LogP contribution is -2.13. The highest BCUT2D eigenvalue weighted by molar-refractivity contribution is 7.99. The minimum Gasteiger partial charge on any atom is -0.368 e. The number of rotatable bonds is 5. The summed E-state index contributed by atoms with van der Waals surface area (Å²) in [5.41, 5.74) is -0.329. The van der Waals surface area contributed by atoms with E-state index in [1.807, 2.05) is 18.2 Å². The first-order chi connectivity index (χ1) is 8.77. The van der Waals surface area contributed by atoms with Crippen molar-refractivity contribution >= 4 is 29.2 Å². The maximum absolute atomic E-state index is 11.2. The van der Waals surface area contributed by atoms with Crippen LogP contribution >= 0.6 is 23.4 Å². The van der Waals surface area contributed by atoms with Crippen LogP contribution in [0.15, 0.2) is 46.3 Å². The van der Waals surface area contributed by atoms with Crippen LogP contribution in [0.4, 0.5) is 5.82 Å². The zero-order valence-corrected chi connectivity index (χ0v) is 11.1. The fraction of sp³-hybridized carbons (Fsp3) is 0.167. The van der Waals surface area contributed by atoms with E-state index in [1.54, 1.807) is 11.8 Å². The second-order valence-electron chi connectivity index (χ2n) is 3.48. The second-order valence-corrected chi connectivity index (χ2v) is 5.03. The number of benzene rings is 1. The third kappa shape index (κ3) is 3.51. The van der Waals surface area contributed by atoms with E-state index in [2.05, 4.69) is 27.4 Å². The second kappa shape index (κ2) is 6.47. The lowest BCUT2D eigenvalue weighted by atomic mass is 10.4. The van der Waals surface area contributed by atoms with Gasteiger partial charge in [-0.25, -0.2) is 4.98 Å². The fourth-order valence-electron chi connectivity index (χ4n) is 1.36. The first-order valence-corrected chi connectivity index (χ1v) is 6.78. The Morgan fingerprint density at radius 2 is 2.11 bits per heavy atom. The molecule has 0 radical (unpaired) electrons. The molecule has 0 atom stereocenters. The molecule has 2 rings (SSSR count). The maximum atomic E-state index is 11.2. The highest BCUT2D eigenvalue weighted by Gasteiger charge is 2.04. The summed E-state index contributed by atoms with van der Waals surface area (Å²) in [5.74, 6) is 1.29. The van der Waals surface area contributed by atoms with Gasteiger partial charge < -0.3 is 10.3 Å². The topological polar surface area (TPSA) is 57.8 Å². The van der Waals surface area contributed by atoms with Crippen LogP contribution < -0.4 is 10.9 Å². The highest BCUT2D eigenvalue weighted by atomic mass is 35.5. The number of hydrogen-bond acceptors (Lipinski definition) is 4. The van der Waals surface area contributed by atoms with Gasteiger partial charge in [-0.1, -0.05) is 29.8 Å². The van der Waals surface area contributed by atoms with Crippen LogP contribution in [0.5, 0.6) is 0 Å². The van der Waals surface area contributed by atoms with Crippen molar-refractivity contribution in [1.29, 1.82) is 0 Å². The molecule has 0 bridgehead atoms. The van der Waals surface area contributed by atoms with E-state index in [9.17, 15) is 4.79 Å². The van der Waals surface area contributed by atoms with Crippen LogP contribution in [-0.2, 0) is 0 Å². The minimum atomic E-state index is -0.329. The van der Waals surface area contributed by atoms with Gasteiger partial charge in [0.15, 0.2) is 5.82 Å². The quantitative estimate of drug-likeness (QED) is 0.653. The van der Waals surface area contributed by atoms with Gasteiger partial charge in [-0.05, 0) is 12.1 Å². The maximum Gasteiger partial charge on any atom is 0.271 e. The van der Waals surface area contributed by atoms with Gasteiger partial charge >= 0.3 is 0 Å². The molecule has 0 spiro atoms. The molecule has 0 saturated carbocycles. The molecule has 0 amide bonds. The predicted molar refractivity (Wildman–Crippen MR) is 75.5 cm³/mol. The van der Waals surface area contributed by atoms with Gasteiger partial charge in [0, 0.05) is 17.2 Å². The Kier molecular flexibility index (Phi) is 4.66. The Labute approximate surface area is 114 Å². The zero-order valence-electron chi connectivity index (χ0n) is 9.52. The van der Waals surface area contributed by atoms with Crippen LogP contribution in [0.2, 0.25) is 5.02 Å². The predicted octanol–water partition coefficient (Wildman–Crippen LogP) is 2.63. The van der Waals surface area contributed by atoms with Crippen molar-refractivity contribution in [2.24, 2.45) is 0 Å². The van der Waals surface area contributed by atoms with Gasteiger partial charge in [-0.3, -0.25) is 4.79 Å². The molecule has 6 heteroatoms. The number of aromatic nitrogens is 2. The zero-order chi connectivity index (χ0) is 12.8. The molecular formula is C12H12ClN3OS. The number of thioether (sulfide) groups is 1.